The maximum Gasteiger partial charge on any atom is 0.309 e. The SMILES string of the molecule is COc1cc(-c2cc(OC)c3c(c2)C(=O)C2=C(C3=O)[C@@](C)(O)O[C@@H]3CC(=O)O[C@H]23)cc2c1C(=O)C1=C(C2=O)[C@H]2OC(=O)C[C@H]2O[C@]1(C)O. The molecule has 0 bridgehead atoms. The Bertz CT molecular complexity index is 1900. The van der Waals surface area contributed by atoms with Crippen molar-refractivity contribution >= 4 is 35.1 Å². The van der Waals surface area contributed by atoms with E-state index in [2.05, 4.69) is 0 Å². The molecule has 2 aliphatic carbocycles. The predicted molar refractivity (Wildman–Crippen MR) is 156 cm³/mol. The number of esters is 2. The zero-order valence-electron chi connectivity index (χ0n) is 25.8. The van der Waals surface area contributed by atoms with Gasteiger partial charge in [-0.1, -0.05) is 0 Å². The maximum absolute atomic E-state index is 14.2. The molecule has 0 amide bonds. The highest BCUT2D eigenvalue weighted by molar-refractivity contribution is 6.31. The minimum absolute atomic E-state index is 0.0426. The average molecular weight is 659 g/mol. The maximum atomic E-state index is 14.2. The van der Waals surface area contributed by atoms with Gasteiger partial charge < -0.3 is 38.6 Å². The van der Waals surface area contributed by atoms with Crippen LogP contribution < -0.4 is 9.47 Å². The van der Waals surface area contributed by atoms with Crippen molar-refractivity contribution in [1.29, 1.82) is 0 Å². The van der Waals surface area contributed by atoms with E-state index in [1.165, 1.54) is 52.3 Å². The van der Waals surface area contributed by atoms with Gasteiger partial charge in [-0.15, -0.1) is 0 Å². The quantitative estimate of drug-likeness (QED) is 0.451. The molecule has 246 valence electrons. The Hall–Kier alpha value is -5.02. The van der Waals surface area contributed by atoms with Gasteiger partial charge in [-0.25, -0.2) is 0 Å². The molecule has 2 saturated heterocycles. The van der Waals surface area contributed by atoms with Crippen LogP contribution in [0.4, 0.5) is 0 Å². The van der Waals surface area contributed by atoms with Gasteiger partial charge >= 0.3 is 11.9 Å². The van der Waals surface area contributed by atoms with Gasteiger partial charge in [0.25, 0.3) is 0 Å². The summed E-state index contributed by atoms with van der Waals surface area (Å²) in [6, 6.07) is 5.68. The van der Waals surface area contributed by atoms with Crippen LogP contribution in [0.2, 0.25) is 0 Å². The summed E-state index contributed by atoms with van der Waals surface area (Å²) in [6.07, 6.45) is -4.87. The molecule has 14 heteroatoms. The molecule has 0 unspecified atom stereocenters. The minimum atomic E-state index is -2.20. The average Bonchev–Trinajstić information content (AvgIpc) is 3.58. The minimum Gasteiger partial charge on any atom is -0.496 e. The molecule has 0 spiro atoms. The summed E-state index contributed by atoms with van der Waals surface area (Å²) in [6.45, 7) is 2.42. The van der Waals surface area contributed by atoms with Crippen molar-refractivity contribution in [2.75, 3.05) is 14.2 Å². The number of fused-ring (bicyclic) bond motifs is 6. The van der Waals surface area contributed by atoms with Crippen LogP contribution in [0.15, 0.2) is 46.6 Å². The number of ketones is 4. The topological polar surface area (TPSA) is 198 Å². The second-order valence-corrected chi connectivity index (χ2v) is 12.6. The molecule has 0 saturated carbocycles. The highest BCUT2D eigenvalue weighted by Gasteiger charge is 2.58. The fraction of sp³-hybridized carbons (Fsp3) is 0.353. The molecule has 2 aromatic carbocycles. The largest absolute Gasteiger partial charge is 0.496 e. The van der Waals surface area contributed by atoms with Gasteiger partial charge in [0, 0.05) is 11.1 Å². The Labute approximate surface area is 270 Å². The van der Waals surface area contributed by atoms with Crippen LogP contribution in [0.3, 0.4) is 0 Å². The molecule has 6 atom stereocenters. The van der Waals surface area contributed by atoms with Gasteiger partial charge in [0.15, 0.2) is 46.9 Å². The first kappa shape index (κ1) is 30.3. The summed E-state index contributed by atoms with van der Waals surface area (Å²) < 4.78 is 33.1. The van der Waals surface area contributed by atoms with E-state index < -0.39 is 71.1 Å². The van der Waals surface area contributed by atoms with Crippen molar-refractivity contribution in [1.82, 2.24) is 0 Å². The van der Waals surface area contributed by atoms with Gasteiger partial charge in [-0.3, -0.25) is 28.8 Å². The van der Waals surface area contributed by atoms with Crippen LogP contribution in [0.1, 0.15) is 68.1 Å². The van der Waals surface area contributed by atoms with E-state index in [1.807, 2.05) is 0 Å². The summed E-state index contributed by atoms with van der Waals surface area (Å²) in [4.78, 5) is 80.5. The molecule has 0 radical (unpaired) electrons. The molecule has 4 aliphatic heterocycles. The van der Waals surface area contributed by atoms with E-state index in [9.17, 15) is 39.0 Å². The standard InChI is InChI=1S/C34H26O14/c1-33(41)25-23(31-17(47-33)9-19(35)45-31)27(37)13-5-11(7-15(43-3)21(13)29(25)39)12-6-14-22(16(8-12)44-4)30(40)26-24(28(14)38)32-18(10-20(36)46-32)48-34(26,2)42/h5-8,17-18,31-32,41-42H,9-10H2,1-4H3/t17-,18-,31+,32+,33+,34+/m1/s1. The monoisotopic (exact) mass is 658 g/mol. The Balaban J connectivity index is 1.29. The van der Waals surface area contributed by atoms with Crippen molar-refractivity contribution in [2.45, 2.75) is 62.7 Å². The first-order chi connectivity index (χ1) is 22.7. The number of benzene rings is 2. The lowest BCUT2D eigenvalue weighted by Gasteiger charge is -2.40. The highest BCUT2D eigenvalue weighted by atomic mass is 16.7. The third-order valence-electron chi connectivity index (χ3n) is 9.59. The molecule has 2 fully saturated rings. The number of carbonyl (C=O) groups is 6. The zero-order valence-corrected chi connectivity index (χ0v) is 25.8. The zero-order chi connectivity index (χ0) is 34.2. The molecule has 48 heavy (non-hydrogen) atoms. The van der Waals surface area contributed by atoms with Crippen molar-refractivity contribution in [3.63, 3.8) is 0 Å². The Morgan fingerprint density at radius 1 is 0.625 bits per heavy atom. The Morgan fingerprint density at radius 2 is 1.00 bits per heavy atom. The van der Waals surface area contributed by atoms with E-state index in [4.69, 9.17) is 28.4 Å². The molecule has 6 aliphatic rings. The third kappa shape index (κ3) is 3.94. The number of hydrogen-bond donors (Lipinski definition) is 2. The summed E-state index contributed by atoms with van der Waals surface area (Å²) in [5.41, 5.74) is -1.09. The molecular weight excluding hydrogens is 632 g/mol. The van der Waals surface area contributed by atoms with Gasteiger partial charge in [0.1, 0.15) is 23.7 Å². The second kappa shape index (κ2) is 9.76. The van der Waals surface area contributed by atoms with Crippen LogP contribution >= 0.6 is 0 Å². The summed E-state index contributed by atoms with van der Waals surface area (Å²) >= 11 is 0. The third-order valence-corrected chi connectivity index (χ3v) is 9.59. The second-order valence-electron chi connectivity index (χ2n) is 12.6. The summed E-state index contributed by atoms with van der Waals surface area (Å²) in [7, 11) is 2.57. The van der Waals surface area contributed by atoms with Crippen LogP contribution in [0.25, 0.3) is 11.1 Å². The molecule has 0 aromatic heterocycles. The lowest BCUT2D eigenvalue weighted by atomic mass is 9.74. The van der Waals surface area contributed by atoms with E-state index in [-0.39, 0.29) is 80.0 Å². The molecule has 8 rings (SSSR count). The van der Waals surface area contributed by atoms with Gasteiger partial charge in [0.2, 0.25) is 0 Å². The molecular formula is C34H26O14. The van der Waals surface area contributed by atoms with Gasteiger partial charge in [-0.2, -0.15) is 0 Å². The number of Topliss-reactive ketones (excluding diaryl/α,β-unsaturated/α-hetero) is 4. The first-order valence-corrected chi connectivity index (χ1v) is 15.0. The number of methoxy groups -OCH3 is 2. The Kier molecular flexibility index (Phi) is 6.17. The lowest BCUT2D eigenvalue weighted by Crippen LogP contribution is -2.51. The summed E-state index contributed by atoms with van der Waals surface area (Å²) in [5, 5.41) is 22.3. The van der Waals surface area contributed by atoms with E-state index in [0.717, 1.165) is 0 Å². The predicted octanol–water partition coefficient (Wildman–Crippen LogP) is 1.57. The fourth-order valence-corrected chi connectivity index (χ4v) is 7.67. The normalized spacial score (nSPS) is 31.8. The number of ether oxygens (including phenoxy) is 6. The number of carbonyl (C=O) groups excluding carboxylic acids is 6. The van der Waals surface area contributed by atoms with E-state index >= 15 is 0 Å². The smallest absolute Gasteiger partial charge is 0.309 e. The highest BCUT2D eigenvalue weighted by Crippen LogP contribution is 2.49. The van der Waals surface area contributed by atoms with Crippen LogP contribution in [0.5, 0.6) is 11.5 Å². The van der Waals surface area contributed by atoms with Crippen molar-refractivity contribution in [2.24, 2.45) is 0 Å². The number of rotatable bonds is 3. The molecule has 14 nitrogen and oxygen atoms in total. The fourth-order valence-electron chi connectivity index (χ4n) is 7.67. The Morgan fingerprint density at radius 3 is 1.35 bits per heavy atom. The molecule has 4 heterocycles. The first-order valence-electron chi connectivity index (χ1n) is 15.0. The lowest BCUT2D eigenvalue weighted by molar-refractivity contribution is -0.206. The van der Waals surface area contributed by atoms with Crippen molar-refractivity contribution in [3.05, 3.63) is 68.8 Å². The van der Waals surface area contributed by atoms with Gasteiger partial charge in [0.05, 0.1) is 60.5 Å². The number of aliphatic hydroxyl groups is 2. The molecule has 2 aromatic rings. The van der Waals surface area contributed by atoms with E-state index in [0.29, 0.717) is 0 Å². The number of hydrogen-bond acceptors (Lipinski definition) is 14. The van der Waals surface area contributed by atoms with Crippen molar-refractivity contribution < 1.29 is 67.4 Å². The van der Waals surface area contributed by atoms with E-state index in [1.54, 1.807) is 0 Å². The summed E-state index contributed by atoms with van der Waals surface area (Å²) in [5.74, 6) is -8.72. The van der Waals surface area contributed by atoms with Crippen LogP contribution in [-0.2, 0) is 28.5 Å². The van der Waals surface area contributed by atoms with Crippen LogP contribution in [0, 0.1) is 0 Å². The molecule has 2 N–H and O–H groups in total. The van der Waals surface area contributed by atoms with Gasteiger partial charge in [-0.05, 0) is 49.2 Å². The van der Waals surface area contributed by atoms with Crippen molar-refractivity contribution in [3.8, 4) is 22.6 Å². The van der Waals surface area contributed by atoms with Crippen LogP contribution in [-0.4, -0.2) is 95.5 Å².